The lowest BCUT2D eigenvalue weighted by molar-refractivity contribution is 0.0601. The molecule has 0 radical (unpaired) electrons. The summed E-state index contributed by atoms with van der Waals surface area (Å²) in [6.07, 6.45) is 5.11. The van der Waals surface area contributed by atoms with Crippen LogP contribution in [0.5, 0.6) is 0 Å². The van der Waals surface area contributed by atoms with Crippen LogP contribution in [0.25, 0.3) is 0 Å². The Morgan fingerprint density at radius 1 is 1.50 bits per heavy atom. The summed E-state index contributed by atoms with van der Waals surface area (Å²) in [5.74, 6) is 0.409. The maximum atomic E-state index is 12.0. The number of aromatic nitrogens is 1. The number of aryl methyl sites for hydroxylation is 1. The predicted octanol–water partition coefficient (Wildman–Crippen LogP) is 3.75. The van der Waals surface area contributed by atoms with Crippen molar-refractivity contribution in [2.75, 3.05) is 13.7 Å². The molecule has 0 unspecified atom stereocenters. The molecule has 2 rings (SSSR count). The second-order valence-electron chi connectivity index (χ2n) is 5.64. The largest absolute Gasteiger partial charge is 0.465 e. The van der Waals surface area contributed by atoms with E-state index < -0.39 is 5.97 Å². The Bertz CT molecular complexity index is 601. The van der Waals surface area contributed by atoms with Crippen molar-refractivity contribution in [2.45, 2.75) is 46.1 Å². The lowest BCUT2D eigenvalue weighted by atomic mass is 10.0. The van der Waals surface area contributed by atoms with Gasteiger partial charge >= 0.3 is 5.97 Å². The van der Waals surface area contributed by atoms with Crippen molar-refractivity contribution < 1.29 is 9.53 Å². The number of likely N-dealkylation sites (tertiary alicyclic amines) is 1. The molecule has 0 aromatic carbocycles. The Labute approximate surface area is 136 Å². The van der Waals surface area contributed by atoms with Crippen LogP contribution in [-0.2, 0) is 4.74 Å². The summed E-state index contributed by atoms with van der Waals surface area (Å²) in [6, 6.07) is 0.440. The summed E-state index contributed by atoms with van der Waals surface area (Å²) in [6.45, 7) is 6.91. The highest BCUT2D eigenvalue weighted by Crippen LogP contribution is 2.31. The summed E-state index contributed by atoms with van der Waals surface area (Å²) in [7, 11) is 1.35. The number of methoxy groups -OCH3 is 1. The van der Waals surface area contributed by atoms with Gasteiger partial charge in [-0.05, 0) is 45.6 Å². The Morgan fingerprint density at radius 3 is 2.86 bits per heavy atom. The van der Waals surface area contributed by atoms with Crippen LogP contribution in [0.4, 0.5) is 5.69 Å². The van der Waals surface area contributed by atoms with E-state index >= 15 is 0 Å². The SMILES string of the molecule is COC(=O)c1c(C)cnc(Cl)c1/N=C(\C)N1CCCC[C@H]1C. The van der Waals surface area contributed by atoms with Crippen LogP contribution in [0.2, 0.25) is 5.15 Å². The van der Waals surface area contributed by atoms with Gasteiger partial charge in [0.1, 0.15) is 11.5 Å². The minimum atomic E-state index is -0.444. The van der Waals surface area contributed by atoms with Gasteiger partial charge in [-0.15, -0.1) is 0 Å². The minimum Gasteiger partial charge on any atom is -0.465 e. The van der Waals surface area contributed by atoms with Crippen molar-refractivity contribution in [3.05, 3.63) is 22.5 Å². The molecule has 6 heteroatoms. The highest BCUT2D eigenvalue weighted by Gasteiger charge is 2.22. The number of aliphatic imine (C=N–C) groups is 1. The molecule has 1 aromatic heterocycles. The van der Waals surface area contributed by atoms with Crippen LogP contribution in [-0.4, -0.2) is 41.4 Å². The van der Waals surface area contributed by atoms with E-state index in [4.69, 9.17) is 16.3 Å². The number of amidine groups is 1. The van der Waals surface area contributed by atoms with Gasteiger partial charge in [0, 0.05) is 18.8 Å². The number of ether oxygens (including phenoxy) is 1. The zero-order valence-electron chi connectivity index (χ0n) is 13.5. The Morgan fingerprint density at radius 2 is 2.23 bits per heavy atom. The molecule has 22 heavy (non-hydrogen) atoms. The van der Waals surface area contributed by atoms with Gasteiger partial charge in [-0.25, -0.2) is 14.8 Å². The summed E-state index contributed by atoms with van der Waals surface area (Å²) < 4.78 is 4.85. The minimum absolute atomic E-state index is 0.218. The number of hydrogen-bond donors (Lipinski definition) is 0. The molecule has 0 bridgehead atoms. The molecule has 1 atom stereocenters. The summed E-state index contributed by atoms with van der Waals surface area (Å²) in [4.78, 5) is 23.0. The predicted molar refractivity (Wildman–Crippen MR) is 88.1 cm³/mol. The highest BCUT2D eigenvalue weighted by molar-refractivity contribution is 6.32. The highest BCUT2D eigenvalue weighted by atomic mass is 35.5. The lowest BCUT2D eigenvalue weighted by Crippen LogP contribution is -2.40. The van der Waals surface area contributed by atoms with E-state index in [1.807, 2.05) is 6.92 Å². The number of carbonyl (C=O) groups is 1. The zero-order chi connectivity index (χ0) is 16.3. The third-order valence-corrected chi connectivity index (χ3v) is 4.36. The normalized spacial score (nSPS) is 19.2. The fourth-order valence-corrected chi connectivity index (χ4v) is 3.02. The number of nitrogens with zero attached hydrogens (tertiary/aromatic N) is 3. The average Bonchev–Trinajstić information content (AvgIpc) is 2.50. The standard InChI is InChI=1S/C16H22ClN3O2/c1-10-9-18-15(17)14(13(10)16(21)22-4)19-12(3)20-8-6-5-7-11(20)2/h9,11H,5-8H2,1-4H3/b19-12+/t11-/m1/s1. The number of rotatable bonds is 2. The van der Waals surface area contributed by atoms with Crippen LogP contribution in [0.15, 0.2) is 11.2 Å². The first-order chi connectivity index (χ1) is 10.5. The molecule has 0 amide bonds. The molecular formula is C16H22ClN3O2. The Balaban J connectivity index is 2.45. The van der Waals surface area contributed by atoms with Crippen molar-refractivity contribution in [3.8, 4) is 0 Å². The van der Waals surface area contributed by atoms with Crippen LogP contribution in [0.3, 0.4) is 0 Å². The number of halogens is 1. The fourth-order valence-electron chi connectivity index (χ4n) is 2.84. The maximum absolute atomic E-state index is 12.0. The van der Waals surface area contributed by atoms with Crippen LogP contribution >= 0.6 is 11.6 Å². The number of pyridine rings is 1. The van der Waals surface area contributed by atoms with E-state index in [-0.39, 0.29) is 5.15 Å². The molecule has 0 saturated carbocycles. The van der Waals surface area contributed by atoms with Gasteiger partial charge in [0.15, 0.2) is 5.15 Å². The van der Waals surface area contributed by atoms with E-state index in [1.165, 1.54) is 13.5 Å². The smallest absolute Gasteiger partial charge is 0.340 e. The van der Waals surface area contributed by atoms with E-state index in [2.05, 4.69) is 21.8 Å². The van der Waals surface area contributed by atoms with E-state index in [0.29, 0.717) is 22.9 Å². The number of esters is 1. The molecule has 0 N–H and O–H groups in total. The van der Waals surface area contributed by atoms with Gasteiger partial charge in [0.05, 0.1) is 12.7 Å². The fraction of sp³-hybridized carbons (Fsp3) is 0.562. The molecule has 1 aromatic rings. The Kier molecular flexibility index (Phi) is 5.40. The van der Waals surface area contributed by atoms with Crippen LogP contribution in [0.1, 0.15) is 49.0 Å². The van der Waals surface area contributed by atoms with Crippen molar-refractivity contribution >= 4 is 29.1 Å². The first-order valence-electron chi connectivity index (χ1n) is 7.51. The third kappa shape index (κ3) is 3.40. The van der Waals surface area contributed by atoms with Crippen LogP contribution < -0.4 is 0 Å². The van der Waals surface area contributed by atoms with E-state index in [1.54, 1.807) is 13.1 Å². The number of hydrogen-bond acceptors (Lipinski definition) is 4. The third-order valence-electron chi connectivity index (χ3n) is 4.08. The number of carbonyl (C=O) groups excluding carboxylic acids is 1. The number of piperidine rings is 1. The first-order valence-corrected chi connectivity index (χ1v) is 7.88. The van der Waals surface area contributed by atoms with Gasteiger partial charge in [-0.2, -0.15) is 0 Å². The molecule has 1 aliphatic rings. The van der Waals surface area contributed by atoms with Gasteiger partial charge in [0.25, 0.3) is 0 Å². The zero-order valence-corrected chi connectivity index (χ0v) is 14.3. The molecule has 0 spiro atoms. The first kappa shape index (κ1) is 16.7. The van der Waals surface area contributed by atoms with Gasteiger partial charge in [-0.3, -0.25) is 0 Å². The summed E-state index contributed by atoms with van der Waals surface area (Å²) in [5.41, 5.74) is 1.48. The molecule has 0 aliphatic carbocycles. The maximum Gasteiger partial charge on any atom is 0.340 e. The molecule has 120 valence electrons. The topological polar surface area (TPSA) is 54.8 Å². The molecular weight excluding hydrogens is 302 g/mol. The van der Waals surface area contributed by atoms with Gasteiger partial charge in [-0.1, -0.05) is 11.6 Å². The Hall–Kier alpha value is -1.62. The molecule has 5 nitrogen and oxygen atoms in total. The van der Waals surface area contributed by atoms with Gasteiger partial charge in [0.2, 0.25) is 0 Å². The summed E-state index contributed by atoms with van der Waals surface area (Å²) in [5, 5.41) is 0.218. The molecule has 1 saturated heterocycles. The van der Waals surface area contributed by atoms with E-state index in [9.17, 15) is 4.79 Å². The van der Waals surface area contributed by atoms with Gasteiger partial charge < -0.3 is 9.64 Å². The monoisotopic (exact) mass is 323 g/mol. The van der Waals surface area contributed by atoms with Crippen molar-refractivity contribution in [1.29, 1.82) is 0 Å². The second kappa shape index (κ2) is 7.09. The van der Waals surface area contributed by atoms with Crippen LogP contribution in [0, 0.1) is 6.92 Å². The van der Waals surface area contributed by atoms with Crippen molar-refractivity contribution in [3.63, 3.8) is 0 Å². The summed E-state index contributed by atoms with van der Waals surface area (Å²) >= 11 is 6.18. The van der Waals surface area contributed by atoms with E-state index in [0.717, 1.165) is 25.2 Å². The second-order valence-corrected chi connectivity index (χ2v) is 6.00. The average molecular weight is 324 g/mol. The molecule has 2 heterocycles. The lowest BCUT2D eigenvalue weighted by Gasteiger charge is -2.35. The van der Waals surface area contributed by atoms with Crippen molar-refractivity contribution in [1.82, 2.24) is 9.88 Å². The molecule has 1 aliphatic heterocycles. The quantitative estimate of drug-likeness (QED) is 0.360. The molecule has 1 fully saturated rings. The van der Waals surface area contributed by atoms with Crippen molar-refractivity contribution in [2.24, 2.45) is 4.99 Å².